The summed E-state index contributed by atoms with van der Waals surface area (Å²) in [5, 5.41) is 3.34. The third kappa shape index (κ3) is 5.37. The van der Waals surface area contributed by atoms with Gasteiger partial charge in [0.25, 0.3) is 17.7 Å². The second-order valence-electron chi connectivity index (χ2n) is 7.75. The number of furan rings is 1. The van der Waals surface area contributed by atoms with Gasteiger partial charge in [-0.05, 0) is 37.1 Å². The molecule has 1 N–H and O–H groups in total. The van der Waals surface area contributed by atoms with Crippen molar-refractivity contribution in [3.05, 3.63) is 59.5 Å². The van der Waals surface area contributed by atoms with Gasteiger partial charge in [-0.25, -0.2) is 0 Å². The molecule has 176 valence electrons. The van der Waals surface area contributed by atoms with Gasteiger partial charge < -0.3 is 19.5 Å². The van der Waals surface area contributed by atoms with Crippen LogP contribution in [0.3, 0.4) is 0 Å². The summed E-state index contributed by atoms with van der Waals surface area (Å²) in [5.41, 5.74) is 0.974. The van der Waals surface area contributed by atoms with Crippen molar-refractivity contribution in [2.75, 3.05) is 46.3 Å². The van der Waals surface area contributed by atoms with E-state index >= 15 is 0 Å². The molecule has 0 unspecified atom stereocenters. The van der Waals surface area contributed by atoms with Gasteiger partial charge >= 0.3 is 0 Å². The van der Waals surface area contributed by atoms with Crippen molar-refractivity contribution in [3.63, 3.8) is 0 Å². The van der Waals surface area contributed by atoms with Crippen molar-refractivity contribution in [1.82, 2.24) is 20.0 Å². The maximum absolute atomic E-state index is 12.4. The molecule has 10 heteroatoms. The van der Waals surface area contributed by atoms with E-state index in [0.717, 1.165) is 12.4 Å². The molecule has 0 atom stereocenters. The highest BCUT2D eigenvalue weighted by Crippen LogP contribution is 2.22. The van der Waals surface area contributed by atoms with Gasteiger partial charge in [0.05, 0.1) is 17.4 Å². The monoisotopic (exact) mass is 565 g/mol. The number of rotatable bonds is 6. The normalized spacial score (nSPS) is 16.0. The number of unbranched alkanes of at least 4 members (excludes halogenated alkanes) is 1. The number of carbonyl (C=O) groups is 3. The Morgan fingerprint density at radius 1 is 0.970 bits per heavy atom. The average molecular weight is 565 g/mol. The first-order valence-electron chi connectivity index (χ1n) is 10.8. The van der Waals surface area contributed by atoms with E-state index in [0.29, 0.717) is 62.6 Å². The SMILES string of the molecule is CN=C(NCCCCN1C(=O)c2ccccc2C1=O)N1CCN(C(=O)c2ccco2)CC1.I. The van der Waals surface area contributed by atoms with E-state index in [1.54, 1.807) is 48.3 Å². The number of carbonyl (C=O) groups excluding carboxylic acids is 3. The molecule has 2 aliphatic heterocycles. The summed E-state index contributed by atoms with van der Waals surface area (Å²) in [7, 11) is 1.74. The highest BCUT2D eigenvalue weighted by Gasteiger charge is 2.34. The summed E-state index contributed by atoms with van der Waals surface area (Å²) in [5.74, 6) is 0.633. The van der Waals surface area contributed by atoms with Crippen LogP contribution in [0.4, 0.5) is 0 Å². The molecule has 1 saturated heterocycles. The molecule has 2 aliphatic rings. The van der Waals surface area contributed by atoms with Crippen molar-refractivity contribution in [3.8, 4) is 0 Å². The van der Waals surface area contributed by atoms with E-state index in [1.165, 1.54) is 11.2 Å². The summed E-state index contributed by atoms with van der Waals surface area (Å²) in [6, 6.07) is 10.3. The summed E-state index contributed by atoms with van der Waals surface area (Å²) < 4.78 is 5.20. The molecule has 0 aliphatic carbocycles. The number of amides is 3. The quantitative estimate of drug-likeness (QED) is 0.190. The predicted molar refractivity (Wildman–Crippen MR) is 134 cm³/mol. The van der Waals surface area contributed by atoms with E-state index < -0.39 is 0 Å². The van der Waals surface area contributed by atoms with Gasteiger partial charge in [-0.3, -0.25) is 24.3 Å². The van der Waals surface area contributed by atoms with Crippen LogP contribution in [0.15, 0.2) is 52.1 Å². The number of hydrogen-bond acceptors (Lipinski definition) is 5. The van der Waals surface area contributed by atoms with Crippen LogP contribution < -0.4 is 5.32 Å². The van der Waals surface area contributed by atoms with Gasteiger partial charge in [-0.1, -0.05) is 12.1 Å². The third-order valence-electron chi connectivity index (χ3n) is 5.78. The summed E-state index contributed by atoms with van der Waals surface area (Å²) >= 11 is 0. The zero-order valence-corrected chi connectivity index (χ0v) is 20.9. The van der Waals surface area contributed by atoms with Crippen LogP contribution in [0.5, 0.6) is 0 Å². The van der Waals surface area contributed by atoms with Gasteiger partial charge in [0.1, 0.15) is 0 Å². The van der Waals surface area contributed by atoms with E-state index in [-0.39, 0.29) is 41.7 Å². The number of nitrogens with one attached hydrogen (secondary N) is 1. The molecule has 9 nitrogen and oxygen atoms in total. The number of aliphatic imine (C=N–C) groups is 1. The van der Waals surface area contributed by atoms with Crippen LogP contribution in [-0.2, 0) is 0 Å². The number of benzene rings is 1. The van der Waals surface area contributed by atoms with Crippen LogP contribution in [0.25, 0.3) is 0 Å². The van der Waals surface area contributed by atoms with Crippen LogP contribution in [0.1, 0.15) is 44.1 Å². The number of guanidine groups is 1. The highest BCUT2D eigenvalue weighted by atomic mass is 127. The number of halogens is 1. The second-order valence-corrected chi connectivity index (χ2v) is 7.75. The first-order chi connectivity index (χ1) is 15.6. The molecule has 1 aromatic heterocycles. The molecule has 1 aromatic carbocycles. The van der Waals surface area contributed by atoms with Crippen molar-refractivity contribution >= 4 is 47.7 Å². The minimum absolute atomic E-state index is 0. The van der Waals surface area contributed by atoms with E-state index in [4.69, 9.17) is 4.42 Å². The lowest BCUT2D eigenvalue weighted by Crippen LogP contribution is -2.53. The molecule has 3 heterocycles. The van der Waals surface area contributed by atoms with E-state index in [9.17, 15) is 14.4 Å². The highest BCUT2D eigenvalue weighted by molar-refractivity contribution is 14.0. The van der Waals surface area contributed by atoms with Crippen LogP contribution in [-0.4, -0.2) is 84.7 Å². The molecular formula is C23H28IN5O4. The number of nitrogens with zero attached hydrogens (tertiary/aromatic N) is 4. The smallest absolute Gasteiger partial charge is 0.289 e. The Labute approximate surface area is 209 Å². The fourth-order valence-electron chi connectivity index (χ4n) is 4.05. The Kier molecular flexibility index (Phi) is 8.48. The standard InChI is InChI=1S/C23H27N5O4.HI/c1-24-23(27-14-12-26(13-15-27)22(31)19-9-6-16-32-19)25-10-4-5-11-28-20(29)17-7-2-3-8-18(17)21(28)30;/h2-3,6-9,16H,4-5,10-15H2,1H3,(H,24,25);1H. The molecule has 0 saturated carbocycles. The van der Waals surface area contributed by atoms with Crippen molar-refractivity contribution < 1.29 is 18.8 Å². The first-order valence-corrected chi connectivity index (χ1v) is 10.8. The summed E-state index contributed by atoms with van der Waals surface area (Å²) in [6.45, 7) is 3.64. The number of fused-ring (bicyclic) bond motifs is 1. The molecular weight excluding hydrogens is 537 g/mol. The van der Waals surface area contributed by atoms with E-state index in [2.05, 4.69) is 15.2 Å². The zero-order valence-electron chi connectivity index (χ0n) is 18.5. The summed E-state index contributed by atoms with van der Waals surface area (Å²) in [6.07, 6.45) is 3.01. The third-order valence-corrected chi connectivity index (χ3v) is 5.78. The largest absolute Gasteiger partial charge is 0.459 e. The van der Waals surface area contributed by atoms with Gasteiger partial charge in [0, 0.05) is 46.3 Å². The molecule has 0 bridgehead atoms. The predicted octanol–water partition coefficient (Wildman–Crippen LogP) is 2.31. The Morgan fingerprint density at radius 2 is 1.61 bits per heavy atom. The molecule has 4 rings (SSSR count). The average Bonchev–Trinajstić information content (AvgIpc) is 3.45. The maximum Gasteiger partial charge on any atom is 0.289 e. The molecule has 1 fully saturated rings. The van der Waals surface area contributed by atoms with Crippen LogP contribution in [0, 0.1) is 0 Å². The minimum Gasteiger partial charge on any atom is -0.459 e. The fraction of sp³-hybridized carbons (Fsp3) is 0.391. The molecule has 3 amide bonds. The molecule has 2 aromatic rings. The van der Waals surface area contributed by atoms with Gasteiger partial charge in [0.2, 0.25) is 0 Å². The lowest BCUT2D eigenvalue weighted by atomic mass is 10.1. The van der Waals surface area contributed by atoms with Crippen molar-refractivity contribution in [2.24, 2.45) is 4.99 Å². The summed E-state index contributed by atoms with van der Waals surface area (Å²) in [4.78, 5) is 46.8. The fourth-order valence-corrected chi connectivity index (χ4v) is 4.05. The molecule has 0 spiro atoms. The van der Waals surface area contributed by atoms with Crippen LogP contribution >= 0.6 is 24.0 Å². The Morgan fingerprint density at radius 3 is 2.18 bits per heavy atom. The van der Waals surface area contributed by atoms with Gasteiger partial charge in [-0.15, -0.1) is 24.0 Å². The Bertz CT molecular complexity index is 981. The van der Waals surface area contributed by atoms with Crippen molar-refractivity contribution in [2.45, 2.75) is 12.8 Å². The first kappa shape index (κ1) is 24.7. The van der Waals surface area contributed by atoms with Gasteiger partial charge in [0.15, 0.2) is 11.7 Å². The maximum atomic E-state index is 12.4. The number of hydrogen-bond donors (Lipinski definition) is 1. The van der Waals surface area contributed by atoms with Crippen molar-refractivity contribution in [1.29, 1.82) is 0 Å². The zero-order chi connectivity index (χ0) is 22.5. The molecule has 0 radical (unpaired) electrons. The minimum atomic E-state index is -0.212. The van der Waals surface area contributed by atoms with Crippen LogP contribution in [0.2, 0.25) is 0 Å². The molecule has 33 heavy (non-hydrogen) atoms. The Balaban J connectivity index is 0.00000306. The topological polar surface area (TPSA) is 98.5 Å². The number of piperazine rings is 1. The lowest BCUT2D eigenvalue weighted by Gasteiger charge is -2.36. The van der Waals surface area contributed by atoms with Gasteiger partial charge in [-0.2, -0.15) is 0 Å². The number of imide groups is 1. The Hall–Kier alpha value is -2.89. The lowest BCUT2D eigenvalue weighted by molar-refractivity contribution is 0.0646. The van der Waals surface area contributed by atoms with E-state index in [1.807, 2.05) is 0 Å². The second kappa shape index (κ2) is 11.3.